The summed E-state index contributed by atoms with van der Waals surface area (Å²) in [4.78, 5) is 30.8. The van der Waals surface area contributed by atoms with Crippen LogP contribution in [0, 0.1) is 5.92 Å². The molecule has 0 N–H and O–H groups in total. The zero-order chi connectivity index (χ0) is 19.5. The summed E-state index contributed by atoms with van der Waals surface area (Å²) >= 11 is 0. The van der Waals surface area contributed by atoms with Crippen LogP contribution in [0.1, 0.15) is 49.8 Å². The summed E-state index contributed by atoms with van der Waals surface area (Å²) in [5, 5.41) is 0. The fourth-order valence-corrected chi connectivity index (χ4v) is 4.39. The third kappa shape index (κ3) is 4.01. The predicted molar refractivity (Wildman–Crippen MR) is 110 cm³/mol. The summed E-state index contributed by atoms with van der Waals surface area (Å²) in [5.74, 6) is 2.58. The molecule has 1 fully saturated rings. The summed E-state index contributed by atoms with van der Waals surface area (Å²) in [7, 11) is 4.01. The van der Waals surface area contributed by atoms with Gasteiger partial charge in [0, 0.05) is 38.8 Å². The van der Waals surface area contributed by atoms with Gasteiger partial charge in [-0.25, -0.2) is 9.97 Å². The molecule has 6 nitrogen and oxygen atoms in total. The number of hydrogen-bond donors (Lipinski definition) is 0. The Bertz CT molecular complexity index is 830. The van der Waals surface area contributed by atoms with Gasteiger partial charge in [0.2, 0.25) is 5.91 Å². The van der Waals surface area contributed by atoms with Gasteiger partial charge in [0.1, 0.15) is 11.5 Å². The second kappa shape index (κ2) is 8.25. The lowest BCUT2D eigenvalue weighted by molar-refractivity contribution is -0.132. The van der Waals surface area contributed by atoms with Gasteiger partial charge in [-0.3, -0.25) is 9.78 Å². The number of anilines is 1. The van der Waals surface area contributed by atoms with Crippen LogP contribution < -0.4 is 4.90 Å². The Balaban J connectivity index is 1.54. The van der Waals surface area contributed by atoms with E-state index < -0.39 is 0 Å². The second-order valence-electron chi connectivity index (χ2n) is 8.16. The maximum atomic E-state index is 12.8. The van der Waals surface area contributed by atoms with E-state index in [0.29, 0.717) is 18.8 Å². The summed E-state index contributed by atoms with van der Waals surface area (Å²) in [6.07, 6.45) is 9.51. The second-order valence-corrected chi connectivity index (χ2v) is 8.16. The van der Waals surface area contributed by atoms with E-state index in [0.717, 1.165) is 48.1 Å². The highest BCUT2D eigenvalue weighted by molar-refractivity contribution is 5.76. The van der Waals surface area contributed by atoms with Gasteiger partial charge in [0.15, 0.2) is 5.82 Å². The average molecular weight is 380 g/mol. The number of rotatable bonds is 5. The van der Waals surface area contributed by atoms with E-state index in [1.54, 1.807) is 6.20 Å². The van der Waals surface area contributed by atoms with Crippen molar-refractivity contribution in [3.63, 3.8) is 0 Å². The van der Waals surface area contributed by atoms with Crippen LogP contribution >= 0.6 is 0 Å². The van der Waals surface area contributed by atoms with E-state index in [1.807, 2.05) is 42.1 Å². The lowest BCUT2D eigenvalue weighted by atomic mass is 10.00. The predicted octanol–water partition coefficient (Wildman–Crippen LogP) is 3.46. The number of aromatic nitrogens is 3. The van der Waals surface area contributed by atoms with Crippen molar-refractivity contribution in [3.8, 4) is 11.5 Å². The topological polar surface area (TPSA) is 62.2 Å². The number of pyridine rings is 1. The van der Waals surface area contributed by atoms with Gasteiger partial charge in [0.05, 0.1) is 12.2 Å². The summed E-state index contributed by atoms with van der Waals surface area (Å²) in [6.45, 7) is 1.33. The first-order valence-electron chi connectivity index (χ1n) is 10.4. The van der Waals surface area contributed by atoms with Crippen molar-refractivity contribution < 1.29 is 4.79 Å². The molecule has 28 heavy (non-hydrogen) atoms. The van der Waals surface area contributed by atoms with Crippen molar-refractivity contribution in [1.29, 1.82) is 0 Å². The lowest BCUT2D eigenvalue weighted by Gasteiger charge is -2.31. The van der Waals surface area contributed by atoms with E-state index in [9.17, 15) is 4.79 Å². The van der Waals surface area contributed by atoms with Gasteiger partial charge < -0.3 is 9.80 Å². The molecule has 2 aromatic rings. The van der Waals surface area contributed by atoms with Crippen molar-refractivity contribution in [3.05, 3.63) is 35.7 Å². The highest BCUT2D eigenvalue weighted by Gasteiger charge is 2.27. The highest BCUT2D eigenvalue weighted by atomic mass is 16.2. The molecule has 3 heterocycles. The Kier molecular flexibility index (Phi) is 5.55. The highest BCUT2D eigenvalue weighted by Crippen LogP contribution is 2.30. The minimum Gasteiger partial charge on any atom is -0.362 e. The van der Waals surface area contributed by atoms with Crippen molar-refractivity contribution in [1.82, 2.24) is 19.9 Å². The largest absolute Gasteiger partial charge is 0.362 e. The zero-order valence-electron chi connectivity index (χ0n) is 16.9. The van der Waals surface area contributed by atoms with E-state index in [-0.39, 0.29) is 5.91 Å². The molecule has 6 heteroatoms. The van der Waals surface area contributed by atoms with Gasteiger partial charge in [-0.1, -0.05) is 31.7 Å². The molecular weight excluding hydrogens is 350 g/mol. The van der Waals surface area contributed by atoms with E-state index in [2.05, 4.69) is 4.98 Å². The van der Waals surface area contributed by atoms with Crippen LogP contribution in [0.3, 0.4) is 0 Å². The Labute approximate surface area is 167 Å². The van der Waals surface area contributed by atoms with Crippen LogP contribution in [0.4, 0.5) is 5.82 Å². The monoisotopic (exact) mass is 379 g/mol. The van der Waals surface area contributed by atoms with Gasteiger partial charge in [0.25, 0.3) is 0 Å². The first-order chi connectivity index (χ1) is 13.6. The smallest absolute Gasteiger partial charge is 0.222 e. The summed E-state index contributed by atoms with van der Waals surface area (Å²) in [6, 6.07) is 5.76. The molecule has 1 aliphatic carbocycles. The van der Waals surface area contributed by atoms with E-state index in [4.69, 9.17) is 9.97 Å². The van der Waals surface area contributed by atoms with Crippen LogP contribution in [0.2, 0.25) is 0 Å². The first kappa shape index (κ1) is 18.8. The van der Waals surface area contributed by atoms with E-state index in [1.165, 1.54) is 25.7 Å². The third-order valence-corrected chi connectivity index (χ3v) is 5.95. The summed E-state index contributed by atoms with van der Waals surface area (Å²) < 4.78 is 0. The lowest BCUT2D eigenvalue weighted by Crippen LogP contribution is -2.37. The quantitative estimate of drug-likeness (QED) is 0.796. The molecule has 0 aromatic carbocycles. The normalized spacial score (nSPS) is 16.9. The third-order valence-electron chi connectivity index (χ3n) is 5.95. The van der Waals surface area contributed by atoms with Crippen molar-refractivity contribution in [2.24, 2.45) is 5.92 Å². The van der Waals surface area contributed by atoms with Gasteiger partial charge >= 0.3 is 0 Å². The zero-order valence-corrected chi connectivity index (χ0v) is 16.9. The number of amides is 1. The molecular formula is C22H29N5O. The van der Waals surface area contributed by atoms with Gasteiger partial charge in [-0.2, -0.15) is 0 Å². The molecule has 1 saturated carbocycles. The molecule has 4 rings (SSSR count). The molecule has 0 radical (unpaired) electrons. The molecule has 1 amide bonds. The Morgan fingerprint density at radius 2 is 2.04 bits per heavy atom. The Morgan fingerprint density at radius 1 is 1.21 bits per heavy atom. The molecule has 1 aliphatic heterocycles. The van der Waals surface area contributed by atoms with Gasteiger partial charge in [-0.05, 0) is 30.9 Å². The van der Waals surface area contributed by atoms with Gasteiger partial charge in [-0.15, -0.1) is 0 Å². The van der Waals surface area contributed by atoms with E-state index >= 15 is 0 Å². The first-order valence-corrected chi connectivity index (χ1v) is 10.4. The van der Waals surface area contributed by atoms with Crippen LogP contribution in [0.5, 0.6) is 0 Å². The number of carbonyl (C=O) groups excluding carboxylic acids is 1. The fourth-order valence-electron chi connectivity index (χ4n) is 4.39. The molecule has 0 bridgehead atoms. The molecule has 0 spiro atoms. The number of carbonyl (C=O) groups is 1. The number of hydrogen-bond acceptors (Lipinski definition) is 5. The van der Waals surface area contributed by atoms with Crippen molar-refractivity contribution in [2.75, 3.05) is 25.5 Å². The molecule has 0 saturated heterocycles. The summed E-state index contributed by atoms with van der Waals surface area (Å²) in [5.41, 5.74) is 2.88. The number of nitrogens with zero attached hydrogens (tertiary/aromatic N) is 5. The molecule has 2 aliphatic rings. The minimum absolute atomic E-state index is 0.266. The molecule has 2 aromatic heterocycles. The molecule has 148 valence electrons. The number of fused-ring (bicyclic) bond motifs is 1. The molecule has 0 unspecified atom stereocenters. The maximum absolute atomic E-state index is 12.8. The maximum Gasteiger partial charge on any atom is 0.222 e. The van der Waals surface area contributed by atoms with Crippen LogP contribution in [0.15, 0.2) is 24.4 Å². The van der Waals surface area contributed by atoms with Crippen LogP contribution in [-0.4, -0.2) is 46.4 Å². The SMILES string of the molecule is CN(C)c1nc(-c2ccccn2)nc2c1CCN(C(=O)CCC1CCCC1)C2. The molecule has 0 atom stereocenters. The fraction of sp³-hybridized carbons (Fsp3) is 0.545. The van der Waals surface area contributed by atoms with Crippen LogP contribution in [-0.2, 0) is 17.8 Å². The van der Waals surface area contributed by atoms with Crippen molar-refractivity contribution >= 4 is 11.7 Å². The van der Waals surface area contributed by atoms with Crippen molar-refractivity contribution in [2.45, 2.75) is 51.5 Å². The Morgan fingerprint density at radius 3 is 2.75 bits per heavy atom. The minimum atomic E-state index is 0.266. The standard InChI is InChI=1S/C22H29N5O/c1-26(2)22-17-12-14-27(20(28)11-10-16-7-3-4-8-16)15-19(17)24-21(25-22)18-9-5-6-13-23-18/h5-6,9,13,16H,3-4,7-8,10-12,14-15H2,1-2H3. The Hall–Kier alpha value is -2.50. The van der Waals surface area contributed by atoms with Crippen LogP contribution in [0.25, 0.3) is 11.5 Å². The average Bonchev–Trinajstić information content (AvgIpc) is 3.25.